The monoisotopic (exact) mass is 315 g/mol. The molecule has 1 aromatic rings. The Morgan fingerprint density at radius 1 is 1.09 bits per heavy atom. The van der Waals surface area contributed by atoms with Crippen LogP contribution < -0.4 is 0 Å². The number of rotatable bonds is 3. The highest BCUT2D eigenvalue weighted by Crippen LogP contribution is 2.36. The van der Waals surface area contributed by atoms with E-state index in [4.69, 9.17) is 0 Å². The van der Waals surface area contributed by atoms with Gasteiger partial charge in [0.15, 0.2) is 0 Å². The van der Waals surface area contributed by atoms with Gasteiger partial charge in [-0.25, -0.2) is 0 Å². The van der Waals surface area contributed by atoms with Crippen molar-refractivity contribution in [1.29, 1.82) is 0 Å². The van der Waals surface area contributed by atoms with Gasteiger partial charge in [0.1, 0.15) is 0 Å². The van der Waals surface area contributed by atoms with E-state index < -0.39 is 5.97 Å². The lowest BCUT2D eigenvalue weighted by atomic mass is 9.80. The topological polar surface area (TPSA) is 57.6 Å². The highest BCUT2D eigenvalue weighted by atomic mass is 16.4. The van der Waals surface area contributed by atoms with Gasteiger partial charge in [0, 0.05) is 24.4 Å². The molecular formula is C19H25NO3. The van der Waals surface area contributed by atoms with E-state index in [0.717, 1.165) is 25.8 Å². The van der Waals surface area contributed by atoms with Crippen LogP contribution in [0.5, 0.6) is 0 Å². The molecule has 1 saturated heterocycles. The smallest absolute Gasteiger partial charge is 0.306 e. The molecule has 3 rings (SSSR count). The lowest BCUT2D eigenvalue weighted by Gasteiger charge is -2.31. The molecule has 1 aliphatic carbocycles. The fourth-order valence-corrected chi connectivity index (χ4v) is 4.18. The standard InChI is InChI=1S/C19H25NO3/c1-13-10-17(14-6-3-2-4-7-14)12-20(13)18(21)15-8-5-9-16(11-15)19(22)23/h2-4,6-7,13,15-17H,5,8-12H2,1H3,(H,22,23). The summed E-state index contributed by atoms with van der Waals surface area (Å²) in [6.45, 7) is 2.87. The summed E-state index contributed by atoms with van der Waals surface area (Å²) in [5.41, 5.74) is 1.29. The number of carboxylic acid groups (broad SMARTS) is 1. The largest absolute Gasteiger partial charge is 0.481 e. The molecule has 1 heterocycles. The third-order valence-corrected chi connectivity index (χ3v) is 5.50. The minimum absolute atomic E-state index is 0.109. The highest BCUT2D eigenvalue weighted by Gasteiger charge is 2.38. The number of amides is 1. The molecule has 0 aromatic heterocycles. The molecule has 23 heavy (non-hydrogen) atoms. The van der Waals surface area contributed by atoms with Crippen LogP contribution in [0.25, 0.3) is 0 Å². The molecule has 1 N–H and O–H groups in total. The summed E-state index contributed by atoms with van der Waals surface area (Å²) in [6, 6.07) is 10.6. The average Bonchev–Trinajstić information content (AvgIpc) is 2.97. The zero-order valence-corrected chi connectivity index (χ0v) is 13.6. The van der Waals surface area contributed by atoms with Crippen molar-refractivity contribution >= 4 is 11.9 Å². The Balaban J connectivity index is 1.67. The highest BCUT2D eigenvalue weighted by molar-refractivity contribution is 5.81. The first-order valence-corrected chi connectivity index (χ1v) is 8.64. The SMILES string of the molecule is CC1CC(c2ccccc2)CN1C(=O)C1CCCC(C(=O)O)C1. The number of aliphatic carboxylic acids is 1. The van der Waals surface area contributed by atoms with Crippen LogP contribution in [-0.2, 0) is 9.59 Å². The Kier molecular flexibility index (Phi) is 4.69. The molecule has 1 aliphatic heterocycles. The molecule has 1 saturated carbocycles. The van der Waals surface area contributed by atoms with Gasteiger partial charge in [0.2, 0.25) is 5.91 Å². The molecule has 0 radical (unpaired) electrons. The van der Waals surface area contributed by atoms with E-state index in [1.54, 1.807) is 0 Å². The molecule has 0 bridgehead atoms. The molecule has 1 aromatic carbocycles. The lowest BCUT2D eigenvalue weighted by molar-refractivity contribution is -0.145. The van der Waals surface area contributed by atoms with E-state index in [9.17, 15) is 14.7 Å². The second-order valence-electron chi connectivity index (χ2n) is 7.08. The van der Waals surface area contributed by atoms with Crippen LogP contribution in [0.2, 0.25) is 0 Å². The van der Waals surface area contributed by atoms with E-state index in [1.807, 2.05) is 23.1 Å². The van der Waals surface area contributed by atoms with Crippen LogP contribution in [0, 0.1) is 11.8 Å². The van der Waals surface area contributed by atoms with Crippen LogP contribution in [0.4, 0.5) is 0 Å². The predicted molar refractivity (Wildman–Crippen MR) is 88.1 cm³/mol. The van der Waals surface area contributed by atoms with Gasteiger partial charge >= 0.3 is 5.97 Å². The van der Waals surface area contributed by atoms with Crippen LogP contribution >= 0.6 is 0 Å². The van der Waals surface area contributed by atoms with Crippen molar-refractivity contribution in [2.45, 2.75) is 51.0 Å². The van der Waals surface area contributed by atoms with E-state index in [0.29, 0.717) is 18.8 Å². The van der Waals surface area contributed by atoms with Gasteiger partial charge in [-0.05, 0) is 38.2 Å². The number of likely N-dealkylation sites (tertiary alicyclic amines) is 1. The third-order valence-electron chi connectivity index (χ3n) is 5.50. The Hall–Kier alpha value is -1.84. The first kappa shape index (κ1) is 16.0. The first-order chi connectivity index (χ1) is 11.1. The predicted octanol–water partition coefficient (Wildman–Crippen LogP) is 3.28. The van der Waals surface area contributed by atoms with Gasteiger partial charge in [0.25, 0.3) is 0 Å². The summed E-state index contributed by atoms with van der Waals surface area (Å²) in [7, 11) is 0. The third kappa shape index (κ3) is 3.41. The zero-order valence-electron chi connectivity index (χ0n) is 13.6. The van der Waals surface area contributed by atoms with Gasteiger partial charge < -0.3 is 10.0 Å². The van der Waals surface area contributed by atoms with Gasteiger partial charge in [-0.2, -0.15) is 0 Å². The van der Waals surface area contributed by atoms with Gasteiger partial charge in [-0.3, -0.25) is 9.59 Å². The summed E-state index contributed by atoms with van der Waals surface area (Å²) in [4.78, 5) is 26.1. The van der Waals surface area contributed by atoms with Crippen molar-refractivity contribution in [1.82, 2.24) is 4.90 Å². The molecular weight excluding hydrogens is 290 g/mol. The maximum atomic E-state index is 12.9. The number of nitrogens with zero attached hydrogens (tertiary/aromatic N) is 1. The molecule has 2 fully saturated rings. The van der Waals surface area contributed by atoms with Crippen LogP contribution in [0.1, 0.15) is 50.5 Å². The summed E-state index contributed by atoms with van der Waals surface area (Å²) in [5.74, 6) is -0.641. The normalized spacial score (nSPS) is 31.1. The fourth-order valence-electron chi connectivity index (χ4n) is 4.18. The Labute approximate surface area is 137 Å². The molecule has 4 nitrogen and oxygen atoms in total. The molecule has 1 amide bonds. The summed E-state index contributed by atoms with van der Waals surface area (Å²) >= 11 is 0. The number of carboxylic acids is 1. The first-order valence-electron chi connectivity index (χ1n) is 8.64. The quantitative estimate of drug-likeness (QED) is 0.931. The molecule has 4 atom stereocenters. The average molecular weight is 315 g/mol. The zero-order chi connectivity index (χ0) is 16.4. The van der Waals surface area contributed by atoms with Crippen LogP contribution in [0.15, 0.2) is 30.3 Å². The van der Waals surface area contributed by atoms with Crippen molar-refractivity contribution < 1.29 is 14.7 Å². The maximum Gasteiger partial charge on any atom is 0.306 e. The van der Waals surface area contributed by atoms with Crippen molar-refractivity contribution in [3.05, 3.63) is 35.9 Å². The van der Waals surface area contributed by atoms with E-state index >= 15 is 0 Å². The van der Waals surface area contributed by atoms with E-state index in [2.05, 4.69) is 19.1 Å². The lowest BCUT2D eigenvalue weighted by Crippen LogP contribution is -2.41. The molecule has 4 heteroatoms. The van der Waals surface area contributed by atoms with Gasteiger partial charge in [-0.15, -0.1) is 0 Å². The minimum Gasteiger partial charge on any atom is -0.481 e. The van der Waals surface area contributed by atoms with Crippen molar-refractivity contribution in [3.8, 4) is 0 Å². The number of hydrogen-bond acceptors (Lipinski definition) is 2. The van der Waals surface area contributed by atoms with Gasteiger partial charge in [0.05, 0.1) is 5.92 Å². The Morgan fingerprint density at radius 3 is 2.48 bits per heavy atom. The molecule has 0 spiro atoms. The van der Waals surface area contributed by atoms with Crippen molar-refractivity contribution in [2.24, 2.45) is 11.8 Å². The van der Waals surface area contributed by atoms with E-state index in [1.165, 1.54) is 5.56 Å². The summed E-state index contributed by atoms with van der Waals surface area (Å²) in [6.07, 6.45) is 3.89. The fraction of sp³-hybridized carbons (Fsp3) is 0.579. The Morgan fingerprint density at radius 2 is 1.78 bits per heavy atom. The van der Waals surface area contributed by atoms with Crippen molar-refractivity contribution in [3.63, 3.8) is 0 Å². The summed E-state index contributed by atoms with van der Waals surface area (Å²) in [5, 5.41) is 9.22. The second-order valence-corrected chi connectivity index (χ2v) is 7.08. The van der Waals surface area contributed by atoms with Crippen LogP contribution in [0.3, 0.4) is 0 Å². The number of carbonyl (C=O) groups is 2. The van der Waals surface area contributed by atoms with E-state index in [-0.39, 0.29) is 23.8 Å². The molecule has 2 aliphatic rings. The summed E-state index contributed by atoms with van der Waals surface area (Å²) < 4.78 is 0. The minimum atomic E-state index is -0.751. The van der Waals surface area contributed by atoms with Gasteiger partial charge in [-0.1, -0.05) is 36.8 Å². The number of benzene rings is 1. The maximum absolute atomic E-state index is 12.9. The second kappa shape index (κ2) is 6.73. The molecule has 4 unspecified atom stereocenters. The molecule has 124 valence electrons. The number of carbonyl (C=O) groups excluding carboxylic acids is 1. The van der Waals surface area contributed by atoms with Crippen LogP contribution in [-0.4, -0.2) is 34.5 Å². The number of hydrogen-bond donors (Lipinski definition) is 1. The van der Waals surface area contributed by atoms with Crippen molar-refractivity contribution in [2.75, 3.05) is 6.54 Å². The Bertz CT molecular complexity index is 571.